The fraction of sp³-hybridized carbons (Fsp3) is 0.0476. The first-order valence-corrected chi connectivity index (χ1v) is 37.1. The normalized spacial score (nSPS) is 13.3. The van der Waals surface area contributed by atoms with Crippen LogP contribution in [0.5, 0.6) is 23.0 Å². The van der Waals surface area contributed by atoms with Crippen LogP contribution < -0.4 is 90.9 Å². The van der Waals surface area contributed by atoms with Gasteiger partial charge in [-0.25, -0.2) is 0 Å². The molecule has 0 radical (unpaired) electrons. The Hall–Kier alpha value is -10.2. The molecule has 101 heavy (non-hydrogen) atoms. The Morgan fingerprint density at radius 2 is 0.970 bits per heavy atom. The van der Waals surface area contributed by atoms with Crippen molar-refractivity contribution in [1.82, 2.24) is 9.13 Å². The highest BCUT2D eigenvalue weighted by Crippen LogP contribution is 2.51. The van der Waals surface area contributed by atoms with E-state index in [-0.39, 0.29) is 13.4 Å². The number of hydrogen-bond donors (Lipinski definition) is 0. The molecule has 5 nitrogen and oxygen atoms in total. The summed E-state index contributed by atoms with van der Waals surface area (Å²) in [6.45, 7) is 6.82. The monoisotopic (exact) mass is 1320 g/mol. The summed E-state index contributed by atoms with van der Waals surface area (Å²) in [5.41, 5.74) is 36.5. The van der Waals surface area contributed by atoms with Crippen LogP contribution in [0.3, 0.4) is 0 Å². The maximum absolute atomic E-state index is 7.53. The van der Waals surface area contributed by atoms with Crippen LogP contribution in [0.4, 0.5) is 17.1 Å². The number of rotatable bonds is 6. The van der Waals surface area contributed by atoms with Gasteiger partial charge in [-0.1, -0.05) is 204 Å². The molecule has 17 heteroatoms. The zero-order valence-electron chi connectivity index (χ0n) is 58.6. The van der Waals surface area contributed by atoms with E-state index in [0.29, 0.717) is 0 Å². The average Bonchev–Trinajstić information content (AvgIpc) is 1.61. The lowest BCUT2D eigenvalue weighted by Crippen LogP contribution is -2.59. The molecular weight excluding hydrogens is 1260 g/mol. The fourth-order valence-electron chi connectivity index (χ4n) is 18.0. The largest absolute Gasteiger partial charge is 0.458 e. The smallest absolute Gasteiger partial charge is 0.260 e. The summed E-state index contributed by atoms with van der Waals surface area (Å²) in [6.07, 6.45) is 0. The molecule has 0 atom stereocenters. The third kappa shape index (κ3) is 8.72. The Morgan fingerprint density at radius 3 is 1.67 bits per heavy atom. The third-order valence-electron chi connectivity index (χ3n) is 23.5. The number of aromatic nitrogens is 2. The van der Waals surface area contributed by atoms with Crippen LogP contribution in [0, 0.1) is 0 Å². The fourth-order valence-corrected chi connectivity index (χ4v) is 20.2. The Balaban J connectivity index is 0.826. The third-order valence-corrected chi connectivity index (χ3v) is 25.6. The molecule has 16 aromatic rings. The molecule has 0 spiro atoms. The van der Waals surface area contributed by atoms with Gasteiger partial charge < -0.3 is 23.5 Å². The lowest BCUT2D eigenvalue weighted by Gasteiger charge is -2.41. The van der Waals surface area contributed by atoms with Crippen molar-refractivity contribution in [1.29, 1.82) is 0 Å². The molecule has 0 saturated heterocycles. The van der Waals surface area contributed by atoms with Crippen LogP contribution >= 0.6 is 23.1 Å². The van der Waals surface area contributed by atoms with Crippen molar-refractivity contribution in [3.05, 3.63) is 235 Å². The molecule has 3 aromatic heterocycles. The van der Waals surface area contributed by atoms with Crippen molar-refractivity contribution in [2.45, 2.75) is 36.0 Å². The second-order valence-corrected chi connectivity index (χ2v) is 31.7. The van der Waals surface area contributed by atoms with Crippen LogP contribution in [0.25, 0.3) is 98.5 Å². The number of fused-ring (bicyclic) bond motifs is 15. The van der Waals surface area contributed by atoms with Gasteiger partial charge >= 0.3 is 0 Å². The predicted molar refractivity (Wildman–Crippen MR) is 459 cm³/mol. The molecule has 0 amide bonds. The van der Waals surface area contributed by atoms with E-state index in [4.69, 9.17) is 9.47 Å². The van der Waals surface area contributed by atoms with Gasteiger partial charge in [-0.2, -0.15) is 0 Å². The summed E-state index contributed by atoms with van der Waals surface area (Å²) in [5, 5.41) is 8.79. The van der Waals surface area contributed by atoms with Crippen molar-refractivity contribution >= 4 is 247 Å². The number of anilines is 3. The van der Waals surface area contributed by atoms with E-state index in [1.165, 1.54) is 146 Å². The standard InChI is InChI=1S/C84H63B10N3O2S2/c1-84(2,3)70-51(40-64-80-83(70)99-62-25-15-12-22-55(62)94(80)57-35-44(26-32-63(57)98-64)43-27-33-65-52(34-43)53(41-100-65)42-16-6-4-7-17-42)45-36-61-79-67(37-45)101-66-39-48(97-81-68(71(85)73(87)75(89)77(81)91)69-72(86)74(88)76(90)78(92)82(69)97)29-31-56(66)93(79)54-30-28-47(38-60(54)95(61)46-18-8-5-9-19-46)96-58-23-13-10-20-49(58)50-21-11-14-24-59(50)96/h4-41H,85-92H2,1-3H3. The van der Waals surface area contributed by atoms with Crippen molar-refractivity contribution in [3.8, 4) is 67.8 Å². The van der Waals surface area contributed by atoms with Crippen LogP contribution in [-0.4, -0.2) is 85.3 Å². The van der Waals surface area contributed by atoms with Gasteiger partial charge in [0.05, 0.1) is 11.0 Å². The highest BCUT2D eigenvalue weighted by Gasteiger charge is 2.46. The maximum atomic E-state index is 7.53. The number of nitrogens with zero attached hydrogens (tertiary/aromatic N) is 3. The number of thiophene rings is 1. The van der Waals surface area contributed by atoms with Crippen molar-refractivity contribution in [3.63, 3.8) is 0 Å². The van der Waals surface area contributed by atoms with E-state index in [1.807, 2.05) is 11.8 Å². The first-order valence-electron chi connectivity index (χ1n) is 35.4. The molecule has 13 aromatic carbocycles. The van der Waals surface area contributed by atoms with Crippen molar-refractivity contribution < 1.29 is 9.47 Å². The zero-order valence-corrected chi connectivity index (χ0v) is 60.2. The maximum Gasteiger partial charge on any atom is 0.260 e. The SMILES string of the molecule is Bc1c(B)c(B)c2c(c1B)c1c(B)c(B)c(B)c(B)c1n2-c1ccc2c(c1)Sc1cc(-c3cc4c5c(c3C(C)(C)C)Oc3ccccc3B5c3cc(-c5ccc6scc(-c7ccccc7)c6c5)ccc3O4)cc3c1B2c1ccc(-n2c4ccccc4c4ccccc42)cc1N3c1ccccc1. The minimum Gasteiger partial charge on any atom is -0.458 e. The molecule has 4 aliphatic heterocycles. The summed E-state index contributed by atoms with van der Waals surface area (Å²) in [6, 6.07) is 84.2. The van der Waals surface area contributed by atoms with Gasteiger partial charge in [0, 0.05) is 86.7 Å². The Labute approximate surface area is 604 Å². The molecule has 0 saturated carbocycles. The Morgan fingerprint density at radius 1 is 0.376 bits per heavy atom. The first kappa shape index (κ1) is 60.8. The quantitative estimate of drug-likeness (QED) is 0.221. The molecular formula is C84H63B10N3O2S2. The van der Waals surface area contributed by atoms with E-state index in [2.05, 4.69) is 327 Å². The molecule has 20 rings (SSSR count). The minimum absolute atomic E-state index is 0.0995. The molecule has 0 fully saturated rings. The van der Waals surface area contributed by atoms with Gasteiger partial charge in [-0.05, 0) is 162 Å². The van der Waals surface area contributed by atoms with E-state index in [9.17, 15) is 0 Å². The summed E-state index contributed by atoms with van der Waals surface area (Å²) in [4.78, 5) is 5.06. The highest BCUT2D eigenvalue weighted by atomic mass is 32.2. The van der Waals surface area contributed by atoms with Gasteiger partial charge in [0.2, 0.25) is 6.71 Å². The highest BCUT2D eigenvalue weighted by molar-refractivity contribution is 8.00. The summed E-state index contributed by atoms with van der Waals surface area (Å²) in [7, 11) is 18.7. The van der Waals surface area contributed by atoms with Gasteiger partial charge in [-0.15, -0.1) is 22.3 Å². The molecule has 4 aliphatic rings. The molecule has 468 valence electrons. The van der Waals surface area contributed by atoms with E-state index in [0.717, 1.165) is 84.4 Å². The topological polar surface area (TPSA) is 31.6 Å². The molecule has 0 bridgehead atoms. The van der Waals surface area contributed by atoms with Gasteiger partial charge in [0.1, 0.15) is 85.8 Å². The van der Waals surface area contributed by atoms with Crippen LogP contribution in [0.15, 0.2) is 240 Å². The van der Waals surface area contributed by atoms with E-state index in [1.54, 1.807) is 11.3 Å². The Kier molecular flexibility index (Phi) is 13.3. The lowest BCUT2D eigenvalue weighted by atomic mass is 9.34. The summed E-state index contributed by atoms with van der Waals surface area (Å²) >= 11 is 3.73. The van der Waals surface area contributed by atoms with E-state index < -0.39 is 5.41 Å². The molecule has 7 heterocycles. The van der Waals surface area contributed by atoms with Crippen molar-refractivity contribution in [2.24, 2.45) is 0 Å². The van der Waals surface area contributed by atoms with E-state index >= 15 is 0 Å². The second-order valence-electron chi connectivity index (χ2n) is 29.7. The number of benzene rings is 13. The van der Waals surface area contributed by atoms with Crippen LogP contribution in [-0.2, 0) is 5.41 Å². The predicted octanol–water partition coefficient (Wildman–Crippen LogP) is 4.95. The lowest BCUT2D eigenvalue weighted by molar-refractivity contribution is 0.447. The summed E-state index contributed by atoms with van der Waals surface area (Å²) < 4.78 is 21.4. The van der Waals surface area contributed by atoms with Crippen LogP contribution in [0.2, 0.25) is 0 Å². The van der Waals surface area contributed by atoms with Crippen molar-refractivity contribution in [2.75, 3.05) is 4.90 Å². The number of ether oxygens (including phenoxy) is 2. The molecule has 0 aliphatic carbocycles. The second kappa shape index (κ2) is 22.2. The molecule has 0 unspecified atom stereocenters. The summed E-state index contributed by atoms with van der Waals surface area (Å²) in [5.74, 6) is 3.43. The average molecular weight is 1320 g/mol. The van der Waals surface area contributed by atoms with Crippen LogP contribution in [0.1, 0.15) is 26.3 Å². The van der Waals surface area contributed by atoms with Gasteiger partial charge in [-0.3, -0.25) is 0 Å². The first-order chi connectivity index (χ1) is 49.1. The molecule has 0 N–H and O–H groups in total. The van der Waals surface area contributed by atoms with Gasteiger partial charge in [0.15, 0.2) is 0 Å². The Bertz CT molecular complexity index is 6250. The number of para-hydroxylation sites is 4. The minimum atomic E-state index is -0.401. The zero-order chi connectivity index (χ0) is 68.3. The number of hydrogen-bond acceptors (Lipinski definition) is 5. The van der Waals surface area contributed by atoms with Gasteiger partial charge in [0.25, 0.3) is 6.71 Å².